The number of hydrogen-bond donors (Lipinski definition) is 0. The van der Waals surface area contributed by atoms with Gasteiger partial charge in [-0.15, -0.1) is 11.1 Å². The zero-order chi connectivity index (χ0) is 17.2. The van der Waals surface area contributed by atoms with E-state index in [1.54, 1.807) is 0 Å². The third kappa shape index (κ3) is 3.24. The van der Waals surface area contributed by atoms with Gasteiger partial charge >= 0.3 is 0 Å². The molecule has 0 nitrogen and oxygen atoms in total. The van der Waals surface area contributed by atoms with Crippen LogP contribution in [0.3, 0.4) is 0 Å². The van der Waals surface area contributed by atoms with Crippen molar-refractivity contribution >= 4 is 15.2 Å². The SMILES string of the molecule is C[Si]1(C)C#Cc2ccccc2C#Cc2ccccc2C#C[Si]1(C)C. The lowest BCUT2D eigenvalue weighted by atomic mass is 10.1. The van der Waals surface area contributed by atoms with Crippen LogP contribution in [0.4, 0.5) is 0 Å². The van der Waals surface area contributed by atoms with Gasteiger partial charge in [0.25, 0.3) is 0 Å². The third-order valence-corrected chi connectivity index (χ3v) is 19.5. The van der Waals surface area contributed by atoms with Crippen LogP contribution in [0.25, 0.3) is 0 Å². The smallest absolute Gasteiger partial charge is 0.128 e. The van der Waals surface area contributed by atoms with Gasteiger partial charge in [-0.05, 0) is 24.3 Å². The van der Waals surface area contributed by atoms with Crippen LogP contribution in [0, 0.1) is 34.8 Å². The first kappa shape index (κ1) is 16.4. The van der Waals surface area contributed by atoms with Gasteiger partial charge in [-0.2, -0.15) is 0 Å². The van der Waals surface area contributed by atoms with E-state index in [4.69, 9.17) is 0 Å². The van der Waals surface area contributed by atoms with Crippen molar-refractivity contribution in [2.24, 2.45) is 0 Å². The summed E-state index contributed by atoms with van der Waals surface area (Å²) in [7, 11) is -3.46. The first-order valence-electron chi connectivity index (χ1n) is 8.15. The van der Waals surface area contributed by atoms with Gasteiger partial charge in [0.2, 0.25) is 0 Å². The Morgan fingerprint density at radius 1 is 0.500 bits per heavy atom. The van der Waals surface area contributed by atoms with Gasteiger partial charge in [0.05, 0.1) is 0 Å². The van der Waals surface area contributed by atoms with Crippen molar-refractivity contribution in [3.05, 3.63) is 70.8 Å². The van der Waals surface area contributed by atoms with E-state index >= 15 is 0 Å². The van der Waals surface area contributed by atoms with Crippen molar-refractivity contribution < 1.29 is 0 Å². The molecule has 2 aromatic rings. The Morgan fingerprint density at radius 3 is 1.12 bits per heavy atom. The summed E-state index contributed by atoms with van der Waals surface area (Å²) in [5.41, 5.74) is 11.3. The highest BCUT2D eigenvalue weighted by Crippen LogP contribution is 2.19. The van der Waals surface area contributed by atoms with Crippen LogP contribution in [0.1, 0.15) is 22.3 Å². The topological polar surface area (TPSA) is 0 Å². The van der Waals surface area contributed by atoms with Crippen molar-refractivity contribution in [2.45, 2.75) is 26.2 Å². The second-order valence-corrected chi connectivity index (χ2v) is 21.6. The summed E-state index contributed by atoms with van der Waals surface area (Å²) in [6, 6.07) is 16.3. The van der Waals surface area contributed by atoms with Gasteiger partial charge in [-0.1, -0.05) is 74.1 Å². The average Bonchev–Trinajstić information content (AvgIpc) is 2.57. The Morgan fingerprint density at radius 2 is 0.792 bits per heavy atom. The summed E-state index contributed by atoms with van der Waals surface area (Å²) < 4.78 is 0. The van der Waals surface area contributed by atoms with E-state index in [2.05, 4.69) is 73.1 Å². The molecule has 116 valence electrons. The fraction of sp³-hybridized carbons (Fsp3) is 0.182. The minimum atomic E-state index is -1.73. The molecule has 0 unspecified atom stereocenters. The highest BCUT2D eigenvalue weighted by Gasteiger charge is 2.39. The predicted molar refractivity (Wildman–Crippen MR) is 108 cm³/mol. The van der Waals surface area contributed by atoms with E-state index < -0.39 is 15.2 Å². The normalized spacial score (nSPS) is 16.2. The molecule has 0 amide bonds. The molecule has 1 aliphatic rings. The lowest BCUT2D eigenvalue weighted by molar-refractivity contribution is 1.56. The number of rotatable bonds is 0. The molecule has 0 saturated heterocycles. The van der Waals surface area contributed by atoms with Gasteiger partial charge in [0, 0.05) is 22.3 Å². The summed E-state index contributed by atoms with van der Waals surface area (Å²) in [6.45, 7) is 9.42. The molecule has 3 rings (SSSR count). The Hall–Kier alpha value is -2.45. The first-order chi connectivity index (χ1) is 11.4. The molecule has 0 N–H and O–H groups in total. The number of benzene rings is 2. The molecule has 0 bridgehead atoms. The first-order valence-corrected chi connectivity index (χ1v) is 15.2. The van der Waals surface area contributed by atoms with Gasteiger partial charge in [0.1, 0.15) is 15.2 Å². The fourth-order valence-electron chi connectivity index (χ4n) is 2.30. The highest BCUT2D eigenvalue weighted by molar-refractivity contribution is 7.46. The lowest BCUT2D eigenvalue weighted by Crippen LogP contribution is -2.53. The molecule has 0 saturated carbocycles. The molecule has 0 spiro atoms. The van der Waals surface area contributed by atoms with E-state index in [0.29, 0.717) is 0 Å². The zero-order valence-electron chi connectivity index (χ0n) is 14.6. The van der Waals surface area contributed by atoms with Crippen LogP contribution in [-0.4, -0.2) is 15.2 Å². The summed E-state index contributed by atoms with van der Waals surface area (Å²) in [4.78, 5) is 0. The Bertz CT molecular complexity index is 898. The van der Waals surface area contributed by atoms with Crippen molar-refractivity contribution in [1.82, 2.24) is 0 Å². The van der Waals surface area contributed by atoms with Crippen molar-refractivity contribution in [3.63, 3.8) is 0 Å². The van der Waals surface area contributed by atoms with Crippen molar-refractivity contribution in [1.29, 1.82) is 0 Å². The summed E-state index contributed by atoms with van der Waals surface area (Å²) in [5, 5.41) is 0. The number of fused-ring (bicyclic) bond motifs is 2. The third-order valence-electron chi connectivity index (χ3n) is 4.77. The van der Waals surface area contributed by atoms with Crippen LogP contribution < -0.4 is 0 Å². The molecule has 24 heavy (non-hydrogen) atoms. The van der Waals surface area contributed by atoms with Crippen LogP contribution in [0.5, 0.6) is 0 Å². The maximum absolute atomic E-state index is 3.63. The minimum absolute atomic E-state index is 0.998. The van der Waals surface area contributed by atoms with Gasteiger partial charge in [0.15, 0.2) is 0 Å². The number of hydrogen-bond acceptors (Lipinski definition) is 0. The largest absolute Gasteiger partial charge is 0.138 e. The Balaban J connectivity index is 2.30. The fourth-order valence-corrected chi connectivity index (χ4v) is 6.07. The Kier molecular flexibility index (Phi) is 4.25. The van der Waals surface area contributed by atoms with Gasteiger partial charge in [-0.3, -0.25) is 0 Å². The second-order valence-electron chi connectivity index (χ2n) is 7.09. The molecular formula is C22H20Si2. The van der Waals surface area contributed by atoms with E-state index in [0.717, 1.165) is 22.3 Å². The lowest BCUT2D eigenvalue weighted by Gasteiger charge is -2.28. The molecule has 0 aliphatic carbocycles. The zero-order valence-corrected chi connectivity index (χ0v) is 16.6. The maximum Gasteiger partial charge on any atom is 0.138 e. The molecule has 0 aromatic heterocycles. The predicted octanol–water partition coefficient (Wildman–Crippen LogP) is 4.38. The Labute approximate surface area is 147 Å². The van der Waals surface area contributed by atoms with Crippen LogP contribution in [-0.2, 0) is 0 Å². The van der Waals surface area contributed by atoms with E-state index in [1.165, 1.54) is 0 Å². The van der Waals surface area contributed by atoms with Gasteiger partial charge in [-0.25, -0.2) is 0 Å². The highest BCUT2D eigenvalue weighted by atomic mass is 29.3. The van der Waals surface area contributed by atoms with Crippen LogP contribution >= 0.6 is 0 Å². The molecule has 2 aromatic carbocycles. The summed E-state index contributed by atoms with van der Waals surface area (Å²) in [5.74, 6) is 13.4. The molecular weight excluding hydrogens is 320 g/mol. The molecule has 0 atom stereocenters. The molecule has 0 fully saturated rings. The van der Waals surface area contributed by atoms with Crippen LogP contribution in [0.2, 0.25) is 26.2 Å². The van der Waals surface area contributed by atoms with Crippen molar-refractivity contribution in [3.8, 4) is 34.8 Å². The molecule has 1 aliphatic heterocycles. The second kappa shape index (κ2) is 6.22. The standard InChI is InChI=1S/C22H20Si2/c1-23(2)17-15-21-11-7-5-9-19(21)13-14-20-10-6-8-12-22(20)16-18-24(23,3)4/h5-12H,1-4H3. The summed E-state index contributed by atoms with van der Waals surface area (Å²) in [6.07, 6.45) is 0. The monoisotopic (exact) mass is 340 g/mol. The molecule has 0 radical (unpaired) electrons. The van der Waals surface area contributed by atoms with E-state index in [1.807, 2.05) is 36.4 Å². The van der Waals surface area contributed by atoms with E-state index in [9.17, 15) is 0 Å². The molecule has 1 heterocycles. The quantitative estimate of drug-likeness (QED) is 0.493. The maximum atomic E-state index is 3.63. The van der Waals surface area contributed by atoms with Crippen LogP contribution in [0.15, 0.2) is 48.5 Å². The minimum Gasteiger partial charge on any atom is -0.128 e. The van der Waals surface area contributed by atoms with Crippen molar-refractivity contribution in [2.75, 3.05) is 0 Å². The van der Waals surface area contributed by atoms with Gasteiger partial charge < -0.3 is 0 Å². The summed E-state index contributed by atoms with van der Waals surface area (Å²) >= 11 is 0. The molecule has 2 heteroatoms. The average molecular weight is 341 g/mol. The van der Waals surface area contributed by atoms with E-state index in [-0.39, 0.29) is 0 Å².